The van der Waals surface area contributed by atoms with E-state index in [0.717, 1.165) is 10.9 Å². The second-order valence-corrected chi connectivity index (χ2v) is 8.06. The normalized spacial score (nSPS) is 16.8. The van der Waals surface area contributed by atoms with Crippen LogP contribution in [0.15, 0.2) is 0 Å². The second-order valence-electron chi connectivity index (χ2n) is 5.61. The van der Waals surface area contributed by atoms with Crippen LogP contribution in [-0.4, -0.2) is 17.3 Å². The summed E-state index contributed by atoms with van der Waals surface area (Å²) in [7, 11) is 0.860. The third-order valence-corrected chi connectivity index (χ3v) is 6.50. The number of unbranched alkanes of at least 4 members (excludes halogenated alkanes) is 9. The maximum absolute atomic E-state index is 2.30. The molecule has 1 aliphatic rings. The Labute approximate surface area is 112 Å². The predicted molar refractivity (Wildman–Crippen MR) is 83.0 cm³/mol. The van der Waals surface area contributed by atoms with Gasteiger partial charge in [-0.25, -0.2) is 0 Å². The van der Waals surface area contributed by atoms with E-state index in [2.05, 4.69) is 6.92 Å². The molecular formula is C16H33S+. The quantitative estimate of drug-likeness (QED) is 0.347. The molecule has 102 valence electrons. The van der Waals surface area contributed by atoms with Crippen molar-refractivity contribution in [3.63, 3.8) is 0 Å². The molecule has 0 aromatic carbocycles. The van der Waals surface area contributed by atoms with Crippen LogP contribution in [0.4, 0.5) is 0 Å². The zero-order chi connectivity index (χ0) is 12.2. The van der Waals surface area contributed by atoms with E-state index in [0.29, 0.717) is 0 Å². The van der Waals surface area contributed by atoms with Gasteiger partial charge in [-0.1, -0.05) is 58.3 Å². The van der Waals surface area contributed by atoms with E-state index in [1.807, 2.05) is 0 Å². The Morgan fingerprint density at radius 1 is 0.647 bits per heavy atom. The van der Waals surface area contributed by atoms with Crippen molar-refractivity contribution in [2.24, 2.45) is 0 Å². The van der Waals surface area contributed by atoms with Crippen LogP contribution in [0.3, 0.4) is 0 Å². The molecule has 0 N–H and O–H groups in total. The highest BCUT2D eigenvalue weighted by Gasteiger charge is 2.22. The van der Waals surface area contributed by atoms with Gasteiger partial charge in [0.2, 0.25) is 0 Å². The van der Waals surface area contributed by atoms with Crippen LogP contribution in [0.2, 0.25) is 0 Å². The summed E-state index contributed by atoms with van der Waals surface area (Å²) in [5.41, 5.74) is 0. The van der Waals surface area contributed by atoms with Crippen molar-refractivity contribution in [1.29, 1.82) is 0 Å². The highest BCUT2D eigenvalue weighted by atomic mass is 32.2. The first-order valence-corrected chi connectivity index (χ1v) is 9.81. The van der Waals surface area contributed by atoms with Crippen LogP contribution < -0.4 is 0 Å². The summed E-state index contributed by atoms with van der Waals surface area (Å²) >= 11 is 0. The molecule has 0 saturated carbocycles. The molecule has 0 bridgehead atoms. The van der Waals surface area contributed by atoms with Gasteiger partial charge in [0.25, 0.3) is 0 Å². The highest BCUT2D eigenvalue weighted by Crippen LogP contribution is 2.16. The minimum absolute atomic E-state index is 0.860. The summed E-state index contributed by atoms with van der Waals surface area (Å²) in [5, 5.41) is 0. The molecule has 0 aliphatic carbocycles. The van der Waals surface area contributed by atoms with E-state index >= 15 is 0 Å². The molecule has 17 heavy (non-hydrogen) atoms. The first-order valence-electron chi connectivity index (χ1n) is 8.07. The topological polar surface area (TPSA) is 0 Å². The molecule has 1 heteroatoms. The number of hydrogen-bond acceptors (Lipinski definition) is 0. The van der Waals surface area contributed by atoms with E-state index < -0.39 is 0 Å². The van der Waals surface area contributed by atoms with E-state index in [1.165, 1.54) is 77.0 Å². The molecule has 0 radical (unpaired) electrons. The molecule has 0 aromatic rings. The molecule has 1 aliphatic heterocycles. The van der Waals surface area contributed by atoms with Gasteiger partial charge in [0, 0.05) is 0 Å². The molecule has 0 spiro atoms. The zero-order valence-electron chi connectivity index (χ0n) is 12.0. The average Bonchev–Trinajstić information content (AvgIpc) is 2.85. The van der Waals surface area contributed by atoms with Crippen LogP contribution in [0.5, 0.6) is 0 Å². The van der Waals surface area contributed by atoms with Gasteiger partial charge in [-0.05, 0) is 36.6 Å². The number of rotatable bonds is 11. The van der Waals surface area contributed by atoms with Crippen molar-refractivity contribution in [3.8, 4) is 0 Å². The van der Waals surface area contributed by atoms with E-state index in [9.17, 15) is 0 Å². The van der Waals surface area contributed by atoms with Gasteiger partial charge in [0.15, 0.2) is 0 Å². The van der Waals surface area contributed by atoms with Crippen molar-refractivity contribution in [2.45, 2.75) is 84.0 Å². The van der Waals surface area contributed by atoms with Gasteiger partial charge in [0.1, 0.15) is 17.3 Å². The fourth-order valence-electron chi connectivity index (χ4n) is 2.71. The maximum atomic E-state index is 2.30. The average molecular weight is 258 g/mol. The van der Waals surface area contributed by atoms with Crippen molar-refractivity contribution in [3.05, 3.63) is 0 Å². The highest BCUT2D eigenvalue weighted by molar-refractivity contribution is 7.97. The summed E-state index contributed by atoms with van der Waals surface area (Å²) in [5.74, 6) is 4.70. The Bertz CT molecular complexity index is 150. The van der Waals surface area contributed by atoms with Crippen LogP contribution >= 0.6 is 0 Å². The second kappa shape index (κ2) is 11.4. The van der Waals surface area contributed by atoms with Gasteiger partial charge in [0.05, 0.1) is 0 Å². The zero-order valence-corrected chi connectivity index (χ0v) is 12.8. The largest absolute Gasteiger partial charge is 0.108 e. The molecule has 1 heterocycles. The Balaban J connectivity index is 1.69. The smallest absolute Gasteiger partial charge is 0.0654 e. The Kier molecular flexibility index (Phi) is 10.4. The summed E-state index contributed by atoms with van der Waals surface area (Å²) in [6.07, 6.45) is 17.9. The summed E-state index contributed by atoms with van der Waals surface area (Å²) < 4.78 is 0. The maximum Gasteiger partial charge on any atom is 0.108 e. The van der Waals surface area contributed by atoms with Gasteiger partial charge < -0.3 is 0 Å². The SMILES string of the molecule is CCCCCCCCCCCC[S+]1CCCC1. The van der Waals surface area contributed by atoms with E-state index in [-0.39, 0.29) is 0 Å². The molecule has 1 fully saturated rings. The van der Waals surface area contributed by atoms with Crippen molar-refractivity contribution in [1.82, 2.24) is 0 Å². The van der Waals surface area contributed by atoms with Crippen LogP contribution in [0.1, 0.15) is 84.0 Å². The van der Waals surface area contributed by atoms with Crippen molar-refractivity contribution < 1.29 is 0 Å². The van der Waals surface area contributed by atoms with Crippen molar-refractivity contribution in [2.75, 3.05) is 17.3 Å². The van der Waals surface area contributed by atoms with Gasteiger partial charge in [-0.2, -0.15) is 0 Å². The lowest BCUT2D eigenvalue weighted by molar-refractivity contribution is 0.563. The third-order valence-electron chi connectivity index (χ3n) is 3.90. The van der Waals surface area contributed by atoms with Gasteiger partial charge in [-0.15, -0.1) is 0 Å². The van der Waals surface area contributed by atoms with Gasteiger partial charge >= 0.3 is 0 Å². The Morgan fingerprint density at radius 2 is 1.12 bits per heavy atom. The van der Waals surface area contributed by atoms with E-state index in [4.69, 9.17) is 0 Å². The van der Waals surface area contributed by atoms with Crippen LogP contribution in [0, 0.1) is 0 Å². The lowest BCUT2D eigenvalue weighted by Gasteiger charge is -2.02. The van der Waals surface area contributed by atoms with Crippen molar-refractivity contribution >= 4 is 10.9 Å². The molecular weight excluding hydrogens is 224 g/mol. The molecule has 0 nitrogen and oxygen atoms in total. The van der Waals surface area contributed by atoms with Crippen LogP contribution in [-0.2, 0) is 10.9 Å². The minimum Gasteiger partial charge on any atom is -0.0654 e. The lowest BCUT2D eigenvalue weighted by atomic mass is 10.1. The molecule has 0 amide bonds. The minimum atomic E-state index is 0.860. The lowest BCUT2D eigenvalue weighted by Crippen LogP contribution is -2.08. The summed E-state index contributed by atoms with van der Waals surface area (Å²) in [6.45, 7) is 2.30. The van der Waals surface area contributed by atoms with Gasteiger partial charge in [-0.3, -0.25) is 0 Å². The molecule has 0 aromatic heterocycles. The fraction of sp³-hybridized carbons (Fsp3) is 1.00. The summed E-state index contributed by atoms with van der Waals surface area (Å²) in [6, 6.07) is 0. The Hall–Kier alpha value is 0.350. The Morgan fingerprint density at radius 3 is 1.65 bits per heavy atom. The van der Waals surface area contributed by atoms with Crippen LogP contribution in [0.25, 0.3) is 0 Å². The van der Waals surface area contributed by atoms with E-state index in [1.54, 1.807) is 17.3 Å². The standard InChI is InChI=1S/C16H33S/c1-2-3-4-5-6-7-8-9-10-11-14-17-15-12-13-16-17/h2-16H2,1H3/q+1. The molecule has 1 saturated heterocycles. The first kappa shape index (κ1) is 15.4. The molecule has 1 rings (SSSR count). The molecule has 0 unspecified atom stereocenters. The monoisotopic (exact) mass is 257 g/mol. The predicted octanol–water partition coefficient (Wildman–Crippen LogP) is 5.32. The third kappa shape index (κ3) is 8.99. The summed E-state index contributed by atoms with van der Waals surface area (Å²) in [4.78, 5) is 0. The first-order chi connectivity index (χ1) is 8.43. The fourth-order valence-corrected chi connectivity index (χ4v) is 5.16. The molecule has 0 atom stereocenters. The number of hydrogen-bond donors (Lipinski definition) is 0.